The third kappa shape index (κ3) is 3.66. The van der Waals surface area contributed by atoms with E-state index in [0.29, 0.717) is 15.9 Å². The Labute approximate surface area is 159 Å². The van der Waals surface area contributed by atoms with Crippen molar-refractivity contribution in [2.24, 2.45) is 0 Å². The van der Waals surface area contributed by atoms with E-state index in [1.54, 1.807) is 18.2 Å². The van der Waals surface area contributed by atoms with Gasteiger partial charge in [-0.2, -0.15) is 0 Å². The van der Waals surface area contributed by atoms with Crippen molar-refractivity contribution in [3.05, 3.63) is 76.1 Å². The summed E-state index contributed by atoms with van der Waals surface area (Å²) < 4.78 is 5.64. The summed E-state index contributed by atoms with van der Waals surface area (Å²) in [5, 5.41) is 3.55. The van der Waals surface area contributed by atoms with Crippen LogP contribution in [0.5, 0.6) is 0 Å². The Bertz CT molecular complexity index is 1010. The van der Waals surface area contributed by atoms with Crippen LogP contribution in [-0.2, 0) is 0 Å². The van der Waals surface area contributed by atoms with E-state index in [1.165, 1.54) is 12.0 Å². The van der Waals surface area contributed by atoms with Crippen molar-refractivity contribution < 1.29 is 9.21 Å². The minimum Gasteiger partial charge on any atom is -0.422 e. The number of amides is 1. The molecule has 2 aromatic carbocycles. The molecule has 0 aliphatic carbocycles. The number of fused-ring (bicyclic) bond motifs is 1. The Morgan fingerprint density at radius 1 is 1.04 bits per heavy atom. The molecular weight excluding hydrogens is 366 g/mol. The Morgan fingerprint density at radius 2 is 1.85 bits per heavy atom. The minimum atomic E-state index is -0.629. The van der Waals surface area contributed by atoms with Crippen molar-refractivity contribution in [3.63, 3.8) is 0 Å². The number of hydrogen-bond acceptors (Lipinski definition) is 5. The van der Waals surface area contributed by atoms with Gasteiger partial charge in [0.05, 0.1) is 4.58 Å². The van der Waals surface area contributed by atoms with Crippen LogP contribution >= 0.6 is 23.5 Å². The highest BCUT2D eigenvalue weighted by Crippen LogP contribution is 2.44. The molecular formula is C20H17NO3S2. The fourth-order valence-electron chi connectivity index (χ4n) is 2.86. The fourth-order valence-corrected chi connectivity index (χ4v) is 5.74. The third-order valence-corrected chi connectivity index (χ3v) is 7.14. The average Bonchev–Trinajstić information content (AvgIpc) is 2.68. The van der Waals surface area contributed by atoms with Gasteiger partial charge < -0.3 is 9.73 Å². The van der Waals surface area contributed by atoms with Crippen molar-refractivity contribution >= 4 is 46.1 Å². The summed E-state index contributed by atoms with van der Waals surface area (Å²) in [4.78, 5) is 24.7. The van der Waals surface area contributed by atoms with E-state index in [2.05, 4.69) is 11.4 Å². The van der Waals surface area contributed by atoms with Crippen LogP contribution in [0, 0.1) is 0 Å². The maximum atomic E-state index is 12.6. The van der Waals surface area contributed by atoms with Crippen LogP contribution in [0.3, 0.4) is 0 Å². The zero-order valence-electron chi connectivity index (χ0n) is 13.9. The highest BCUT2D eigenvalue weighted by atomic mass is 32.2. The number of carbonyl (C=O) groups excluding carboxylic acids is 1. The quantitative estimate of drug-likeness (QED) is 0.651. The smallest absolute Gasteiger partial charge is 0.349 e. The lowest BCUT2D eigenvalue weighted by atomic mass is 10.1. The first kappa shape index (κ1) is 17.2. The molecule has 6 heteroatoms. The highest BCUT2D eigenvalue weighted by Gasteiger charge is 2.18. The lowest BCUT2D eigenvalue weighted by molar-refractivity contribution is 0.102. The van der Waals surface area contributed by atoms with Gasteiger partial charge in [-0.1, -0.05) is 30.3 Å². The van der Waals surface area contributed by atoms with Gasteiger partial charge in [0.1, 0.15) is 11.1 Å². The molecule has 0 saturated carbocycles. The normalized spacial score (nSPS) is 15.1. The molecule has 4 nitrogen and oxygen atoms in total. The van der Waals surface area contributed by atoms with Gasteiger partial charge >= 0.3 is 5.63 Å². The standard InChI is InChI=1S/C20H17NO3S2/c22-18(16-12-13-5-1-2-8-17(13)24-19(16)23)21-15-7-3-6-14(11-15)20-25-9-4-10-26-20/h1-3,5-8,11-12,20H,4,9-10H2,(H,21,22). The number of para-hydroxylation sites is 1. The Kier molecular flexibility index (Phi) is 5.04. The van der Waals surface area contributed by atoms with Gasteiger partial charge in [0.2, 0.25) is 0 Å². The second-order valence-electron chi connectivity index (χ2n) is 5.99. The molecule has 1 fully saturated rings. The van der Waals surface area contributed by atoms with E-state index < -0.39 is 11.5 Å². The molecule has 26 heavy (non-hydrogen) atoms. The number of rotatable bonds is 3. The van der Waals surface area contributed by atoms with E-state index in [0.717, 1.165) is 16.9 Å². The van der Waals surface area contributed by atoms with Crippen molar-refractivity contribution in [2.45, 2.75) is 11.0 Å². The molecule has 0 radical (unpaired) electrons. The predicted molar refractivity (Wildman–Crippen MR) is 109 cm³/mol. The number of nitrogens with one attached hydrogen (secondary N) is 1. The Morgan fingerprint density at radius 3 is 2.69 bits per heavy atom. The van der Waals surface area contributed by atoms with Crippen LogP contribution in [0.1, 0.15) is 26.9 Å². The highest BCUT2D eigenvalue weighted by molar-refractivity contribution is 8.16. The van der Waals surface area contributed by atoms with E-state index in [-0.39, 0.29) is 5.56 Å². The van der Waals surface area contributed by atoms with E-state index in [9.17, 15) is 9.59 Å². The van der Waals surface area contributed by atoms with Gasteiger partial charge in [0.15, 0.2) is 0 Å². The van der Waals surface area contributed by atoms with Gasteiger partial charge in [-0.05, 0) is 47.8 Å². The van der Waals surface area contributed by atoms with E-state index in [4.69, 9.17) is 4.42 Å². The monoisotopic (exact) mass is 383 g/mol. The summed E-state index contributed by atoms with van der Waals surface area (Å²) in [5.74, 6) is 1.87. The molecule has 1 amide bonds. The summed E-state index contributed by atoms with van der Waals surface area (Å²) in [6.45, 7) is 0. The SMILES string of the molecule is O=C(Nc1cccc(C2SCCCS2)c1)c1cc2ccccc2oc1=O. The molecule has 1 saturated heterocycles. The van der Waals surface area contributed by atoms with Crippen LogP contribution in [0.4, 0.5) is 5.69 Å². The number of carbonyl (C=O) groups is 1. The summed E-state index contributed by atoms with van der Waals surface area (Å²) in [7, 11) is 0. The largest absolute Gasteiger partial charge is 0.422 e. The van der Waals surface area contributed by atoms with Crippen LogP contribution in [0.25, 0.3) is 11.0 Å². The number of hydrogen-bond donors (Lipinski definition) is 1. The number of anilines is 1. The molecule has 4 rings (SSSR count). The predicted octanol–water partition coefficient (Wildman–Crippen LogP) is 4.91. The number of benzene rings is 2. The maximum Gasteiger partial charge on any atom is 0.349 e. The number of thioether (sulfide) groups is 2. The summed E-state index contributed by atoms with van der Waals surface area (Å²) in [5.41, 5.74) is 1.73. The summed E-state index contributed by atoms with van der Waals surface area (Å²) >= 11 is 3.86. The zero-order chi connectivity index (χ0) is 17.9. The molecule has 0 spiro atoms. The van der Waals surface area contributed by atoms with Crippen LogP contribution in [-0.4, -0.2) is 17.4 Å². The maximum absolute atomic E-state index is 12.6. The van der Waals surface area contributed by atoms with E-state index in [1.807, 2.05) is 53.9 Å². The van der Waals surface area contributed by atoms with Gasteiger partial charge in [-0.15, -0.1) is 23.5 Å². The van der Waals surface area contributed by atoms with Crippen LogP contribution in [0.15, 0.2) is 63.8 Å². The zero-order valence-corrected chi connectivity index (χ0v) is 15.6. The van der Waals surface area contributed by atoms with Gasteiger partial charge in [0.25, 0.3) is 5.91 Å². The van der Waals surface area contributed by atoms with Crippen molar-refractivity contribution in [1.29, 1.82) is 0 Å². The lowest BCUT2D eigenvalue weighted by Crippen LogP contribution is -2.20. The lowest BCUT2D eigenvalue weighted by Gasteiger charge is -2.21. The van der Waals surface area contributed by atoms with Crippen molar-refractivity contribution in [2.75, 3.05) is 16.8 Å². The van der Waals surface area contributed by atoms with Crippen molar-refractivity contribution in [1.82, 2.24) is 0 Å². The topological polar surface area (TPSA) is 59.3 Å². The molecule has 0 unspecified atom stereocenters. The first-order valence-corrected chi connectivity index (χ1v) is 10.5. The van der Waals surface area contributed by atoms with Crippen molar-refractivity contribution in [3.8, 4) is 0 Å². The second kappa shape index (κ2) is 7.60. The summed E-state index contributed by atoms with van der Waals surface area (Å²) in [6.07, 6.45) is 1.24. The first-order chi connectivity index (χ1) is 12.7. The molecule has 3 aromatic rings. The van der Waals surface area contributed by atoms with Gasteiger partial charge in [0, 0.05) is 11.1 Å². The summed E-state index contributed by atoms with van der Waals surface area (Å²) in [6, 6.07) is 16.6. The molecule has 1 aliphatic rings. The van der Waals surface area contributed by atoms with E-state index >= 15 is 0 Å². The average molecular weight is 383 g/mol. The third-order valence-electron chi connectivity index (χ3n) is 4.13. The van der Waals surface area contributed by atoms with Gasteiger partial charge in [-0.3, -0.25) is 4.79 Å². The molecule has 0 bridgehead atoms. The Balaban J connectivity index is 1.58. The van der Waals surface area contributed by atoms with Gasteiger partial charge in [-0.25, -0.2) is 4.79 Å². The minimum absolute atomic E-state index is 0.00974. The van der Waals surface area contributed by atoms with Crippen LogP contribution < -0.4 is 10.9 Å². The fraction of sp³-hybridized carbons (Fsp3) is 0.200. The molecule has 2 heterocycles. The molecule has 0 atom stereocenters. The molecule has 1 aromatic heterocycles. The molecule has 132 valence electrons. The molecule has 1 N–H and O–H groups in total. The molecule has 1 aliphatic heterocycles. The Hall–Kier alpha value is -2.18. The first-order valence-electron chi connectivity index (χ1n) is 8.38. The second-order valence-corrected chi connectivity index (χ2v) is 8.72. The van der Waals surface area contributed by atoms with Crippen LogP contribution in [0.2, 0.25) is 0 Å².